The molecule has 6 heteroatoms. The fourth-order valence-electron chi connectivity index (χ4n) is 2.94. The Kier molecular flexibility index (Phi) is 5.18. The monoisotopic (exact) mass is 372 g/mol. The molecule has 0 bridgehead atoms. The van der Waals surface area contributed by atoms with Crippen molar-refractivity contribution in [3.05, 3.63) is 59.1 Å². The highest BCUT2D eigenvalue weighted by Gasteiger charge is 2.38. The van der Waals surface area contributed by atoms with Crippen molar-refractivity contribution < 1.29 is 14.3 Å². The second-order valence-electron chi connectivity index (χ2n) is 6.75. The van der Waals surface area contributed by atoms with Crippen molar-refractivity contribution in [1.82, 2.24) is 0 Å². The number of nitrogens with zero attached hydrogens (tertiary/aromatic N) is 1. The normalized spacial score (nSPS) is 15.2. The van der Waals surface area contributed by atoms with Crippen LogP contribution in [0.4, 0.5) is 11.4 Å². The lowest BCUT2D eigenvalue weighted by Gasteiger charge is -2.39. The molecule has 1 aliphatic rings. The molecule has 1 amide bonds. The van der Waals surface area contributed by atoms with E-state index in [9.17, 15) is 9.59 Å². The van der Waals surface area contributed by atoms with Gasteiger partial charge in [-0.1, -0.05) is 35.9 Å². The highest BCUT2D eigenvalue weighted by molar-refractivity contribution is 6.30. The first-order valence-electron chi connectivity index (χ1n) is 8.46. The van der Waals surface area contributed by atoms with E-state index < -0.39 is 5.54 Å². The van der Waals surface area contributed by atoms with Gasteiger partial charge in [0, 0.05) is 5.02 Å². The maximum Gasteiger partial charge on any atom is 0.310 e. The Morgan fingerprint density at radius 3 is 2.58 bits per heavy atom. The number of carbonyl (C=O) groups is 2. The molecule has 136 valence electrons. The standard InChI is InChI=1S/C20H21ClN2O3/c1-20(2)19(25)23(17-6-4-3-5-16(17)22-20)11-12-26-18(24)13-14-7-9-15(21)10-8-14/h3-10,22H,11-13H2,1-2H3. The van der Waals surface area contributed by atoms with Crippen LogP contribution in [-0.4, -0.2) is 30.6 Å². The Labute approximate surface area is 157 Å². The lowest BCUT2D eigenvalue weighted by Crippen LogP contribution is -2.54. The maximum absolute atomic E-state index is 12.7. The second kappa shape index (κ2) is 7.38. The largest absolute Gasteiger partial charge is 0.464 e. The summed E-state index contributed by atoms with van der Waals surface area (Å²) in [6.07, 6.45) is 0.175. The van der Waals surface area contributed by atoms with Gasteiger partial charge in [-0.05, 0) is 43.7 Å². The maximum atomic E-state index is 12.7. The van der Waals surface area contributed by atoms with Gasteiger partial charge in [-0.2, -0.15) is 0 Å². The second-order valence-corrected chi connectivity index (χ2v) is 7.18. The van der Waals surface area contributed by atoms with Crippen molar-refractivity contribution in [2.45, 2.75) is 25.8 Å². The van der Waals surface area contributed by atoms with E-state index in [1.807, 2.05) is 38.1 Å². The number of fused-ring (bicyclic) bond motifs is 1. The molecule has 2 aromatic rings. The van der Waals surface area contributed by atoms with E-state index in [4.69, 9.17) is 16.3 Å². The van der Waals surface area contributed by atoms with E-state index in [1.165, 1.54) is 0 Å². The molecule has 5 nitrogen and oxygen atoms in total. The molecule has 3 rings (SSSR count). The van der Waals surface area contributed by atoms with Crippen LogP contribution in [0.1, 0.15) is 19.4 Å². The minimum atomic E-state index is -0.707. The Morgan fingerprint density at radius 1 is 1.15 bits per heavy atom. The first-order valence-corrected chi connectivity index (χ1v) is 8.84. The first kappa shape index (κ1) is 18.3. The molecule has 0 aromatic heterocycles. The van der Waals surface area contributed by atoms with E-state index in [0.29, 0.717) is 11.6 Å². The molecule has 2 aromatic carbocycles. The first-order chi connectivity index (χ1) is 12.4. The average molecular weight is 373 g/mol. The van der Waals surface area contributed by atoms with Crippen LogP contribution in [-0.2, 0) is 20.7 Å². The number of amides is 1. The van der Waals surface area contributed by atoms with E-state index in [-0.39, 0.29) is 24.9 Å². The SMILES string of the molecule is CC1(C)Nc2ccccc2N(CCOC(=O)Cc2ccc(Cl)cc2)C1=O. The van der Waals surface area contributed by atoms with Crippen molar-refractivity contribution >= 4 is 34.9 Å². The van der Waals surface area contributed by atoms with E-state index in [2.05, 4.69) is 5.32 Å². The number of carbonyl (C=O) groups excluding carboxylic acids is 2. The van der Waals surface area contributed by atoms with Crippen LogP contribution < -0.4 is 10.2 Å². The van der Waals surface area contributed by atoms with Gasteiger partial charge in [-0.3, -0.25) is 9.59 Å². The summed E-state index contributed by atoms with van der Waals surface area (Å²) in [5, 5.41) is 3.87. The molecule has 0 fully saturated rings. The van der Waals surface area contributed by atoms with Gasteiger partial charge in [0.15, 0.2) is 0 Å². The molecule has 0 radical (unpaired) electrons. The molecule has 1 heterocycles. The summed E-state index contributed by atoms with van der Waals surface area (Å²) in [4.78, 5) is 26.4. The molecule has 26 heavy (non-hydrogen) atoms. The van der Waals surface area contributed by atoms with Gasteiger partial charge in [-0.15, -0.1) is 0 Å². The van der Waals surface area contributed by atoms with Crippen LogP contribution >= 0.6 is 11.6 Å². The average Bonchev–Trinajstić information content (AvgIpc) is 2.60. The molecule has 0 aliphatic carbocycles. The highest BCUT2D eigenvalue weighted by Crippen LogP contribution is 2.34. The number of benzene rings is 2. The van der Waals surface area contributed by atoms with Crippen molar-refractivity contribution in [3.8, 4) is 0 Å². The zero-order chi connectivity index (χ0) is 18.7. The number of rotatable bonds is 5. The molecule has 1 aliphatic heterocycles. The van der Waals surface area contributed by atoms with E-state index in [1.54, 1.807) is 29.2 Å². The van der Waals surface area contributed by atoms with Gasteiger partial charge in [0.2, 0.25) is 0 Å². The van der Waals surface area contributed by atoms with Gasteiger partial charge in [0.1, 0.15) is 12.1 Å². The lowest BCUT2D eigenvalue weighted by molar-refractivity contribution is -0.142. The van der Waals surface area contributed by atoms with Crippen LogP contribution in [0.2, 0.25) is 5.02 Å². The van der Waals surface area contributed by atoms with Crippen molar-refractivity contribution in [3.63, 3.8) is 0 Å². The molecule has 0 atom stereocenters. The van der Waals surface area contributed by atoms with Gasteiger partial charge >= 0.3 is 5.97 Å². The Hall–Kier alpha value is -2.53. The summed E-state index contributed by atoms with van der Waals surface area (Å²) in [5.74, 6) is -0.382. The number of ether oxygens (including phenoxy) is 1. The quantitative estimate of drug-likeness (QED) is 0.814. The fraction of sp³-hybridized carbons (Fsp3) is 0.300. The predicted molar refractivity (Wildman–Crippen MR) is 103 cm³/mol. The number of nitrogens with one attached hydrogen (secondary N) is 1. The highest BCUT2D eigenvalue weighted by atomic mass is 35.5. The third kappa shape index (κ3) is 3.99. The number of hydrogen-bond acceptors (Lipinski definition) is 4. The Balaban J connectivity index is 1.61. The van der Waals surface area contributed by atoms with Gasteiger partial charge in [0.25, 0.3) is 5.91 Å². The molecule has 0 spiro atoms. The summed E-state index contributed by atoms with van der Waals surface area (Å²) < 4.78 is 5.32. The zero-order valence-electron chi connectivity index (χ0n) is 14.8. The number of hydrogen-bond donors (Lipinski definition) is 1. The number of esters is 1. The van der Waals surface area contributed by atoms with Crippen LogP contribution in [0.3, 0.4) is 0 Å². The van der Waals surface area contributed by atoms with Crippen LogP contribution in [0.25, 0.3) is 0 Å². The zero-order valence-corrected chi connectivity index (χ0v) is 15.5. The molecule has 0 saturated carbocycles. The molecular weight excluding hydrogens is 352 g/mol. The summed E-state index contributed by atoms with van der Waals surface area (Å²) in [6, 6.07) is 14.7. The van der Waals surface area contributed by atoms with Gasteiger partial charge in [0.05, 0.1) is 24.3 Å². The van der Waals surface area contributed by atoms with E-state index in [0.717, 1.165) is 16.9 Å². The summed E-state index contributed by atoms with van der Waals surface area (Å²) >= 11 is 5.84. The minimum Gasteiger partial charge on any atom is -0.464 e. The summed E-state index contributed by atoms with van der Waals surface area (Å²) in [6.45, 7) is 4.13. The number of halogens is 1. The molecular formula is C20H21ClN2O3. The summed E-state index contributed by atoms with van der Waals surface area (Å²) in [5.41, 5.74) is 1.82. The minimum absolute atomic E-state index is 0.0510. The van der Waals surface area contributed by atoms with Crippen LogP contribution in [0.15, 0.2) is 48.5 Å². The van der Waals surface area contributed by atoms with Gasteiger partial charge < -0.3 is 15.0 Å². The smallest absolute Gasteiger partial charge is 0.310 e. The number of para-hydroxylation sites is 2. The lowest BCUT2D eigenvalue weighted by atomic mass is 9.98. The van der Waals surface area contributed by atoms with Crippen molar-refractivity contribution in [2.75, 3.05) is 23.4 Å². The van der Waals surface area contributed by atoms with Crippen molar-refractivity contribution in [1.29, 1.82) is 0 Å². The third-order valence-electron chi connectivity index (χ3n) is 4.26. The Morgan fingerprint density at radius 2 is 1.85 bits per heavy atom. The topological polar surface area (TPSA) is 58.6 Å². The van der Waals surface area contributed by atoms with Crippen LogP contribution in [0, 0.1) is 0 Å². The predicted octanol–water partition coefficient (Wildman–Crippen LogP) is 3.66. The van der Waals surface area contributed by atoms with E-state index >= 15 is 0 Å². The van der Waals surface area contributed by atoms with Crippen LogP contribution in [0.5, 0.6) is 0 Å². The molecule has 0 unspecified atom stereocenters. The summed E-state index contributed by atoms with van der Waals surface area (Å²) in [7, 11) is 0. The number of anilines is 2. The third-order valence-corrected chi connectivity index (χ3v) is 4.51. The van der Waals surface area contributed by atoms with Gasteiger partial charge in [-0.25, -0.2) is 0 Å². The molecule has 1 N–H and O–H groups in total. The molecule has 0 saturated heterocycles. The fourth-order valence-corrected chi connectivity index (χ4v) is 3.07. The van der Waals surface area contributed by atoms with Crippen molar-refractivity contribution in [2.24, 2.45) is 0 Å². The Bertz CT molecular complexity index is 818.